The summed E-state index contributed by atoms with van der Waals surface area (Å²) in [6.45, 7) is 10.6. The van der Waals surface area contributed by atoms with Crippen molar-refractivity contribution >= 4 is 17.6 Å². The maximum atomic E-state index is 12.7. The lowest BCUT2D eigenvalue weighted by Gasteiger charge is -2.23. The van der Waals surface area contributed by atoms with Gasteiger partial charge in [0.2, 0.25) is 11.8 Å². The number of amides is 2. The Balaban J connectivity index is 2.09. The number of ether oxygens (including phenoxy) is 1. The molecule has 1 aliphatic heterocycles. The summed E-state index contributed by atoms with van der Waals surface area (Å²) in [6, 6.07) is 2.22. The fraction of sp³-hybridized carbons (Fsp3) is 0.667. The molecule has 1 aromatic rings. The Labute approximate surface area is 173 Å². The number of carbonyl (C=O) groups is 2. The van der Waals surface area contributed by atoms with Crippen LogP contribution in [0.5, 0.6) is 0 Å². The van der Waals surface area contributed by atoms with Crippen LogP contribution in [-0.4, -0.2) is 72.1 Å². The van der Waals surface area contributed by atoms with Gasteiger partial charge in [-0.25, -0.2) is 0 Å². The molecule has 1 N–H and O–H groups in total. The molecular weight excluding hydrogens is 370 g/mol. The first-order chi connectivity index (χ1) is 13.8. The fourth-order valence-corrected chi connectivity index (χ4v) is 3.73. The molecule has 2 rings (SSSR count). The van der Waals surface area contributed by atoms with Gasteiger partial charge in [0, 0.05) is 25.4 Å². The van der Waals surface area contributed by atoms with Crippen LogP contribution < -0.4 is 5.32 Å². The SMILES string of the molecule is CCN(CC)C(=O)CN(C)CC(=O)Nc1c(C#N)c(C)c(C)n1CC1CCCO1. The number of nitriles is 1. The van der Waals surface area contributed by atoms with Gasteiger partial charge in [-0.1, -0.05) is 0 Å². The average Bonchev–Trinajstić information content (AvgIpc) is 3.25. The van der Waals surface area contributed by atoms with E-state index >= 15 is 0 Å². The number of anilines is 1. The van der Waals surface area contributed by atoms with Crippen molar-refractivity contribution in [2.75, 3.05) is 45.2 Å². The third-order valence-corrected chi connectivity index (χ3v) is 5.54. The van der Waals surface area contributed by atoms with E-state index in [2.05, 4.69) is 11.4 Å². The van der Waals surface area contributed by atoms with Gasteiger partial charge < -0.3 is 19.5 Å². The normalized spacial score (nSPS) is 16.1. The third kappa shape index (κ3) is 5.58. The molecule has 1 fully saturated rings. The number of aromatic nitrogens is 1. The first kappa shape index (κ1) is 22.9. The van der Waals surface area contributed by atoms with Gasteiger partial charge in [0.1, 0.15) is 11.9 Å². The molecular formula is C21H33N5O3. The van der Waals surface area contributed by atoms with Gasteiger partial charge in [-0.2, -0.15) is 5.26 Å². The fourth-order valence-electron chi connectivity index (χ4n) is 3.73. The molecule has 29 heavy (non-hydrogen) atoms. The van der Waals surface area contributed by atoms with Crippen molar-refractivity contribution in [1.82, 2.24) is 14.4 Å². The summed E-state index contributed by atoms with van der Waals surface area (Å²) in [4.78, 5) is 28.3. The highest BCUT2D eigenvalue weighted by molar-refractivity contribution is 5.93. The van der Waals surface area contributed by atoms with Crippen molar-refractivity contribution in [1.29, 1.82) is 5.26 Å². The largest absolute Gasteiger partial charge is 0.376 e. The number of hydrogen-bond donors (Lipinski definition) is 1. The highest BCUT2D eigenvalue weighted by atomic mass is 16.5. The Bertz CT molecular complexity index is 770. The highest BCUT2D eigenvalue weighted by Crippen LogP contribution is 2.28. The molecule has 1 aliphatic rings. The van der Waals surface area contributed by atoms with Crippen LogP contribution in [0.1, 0.15) is 43.5 Å². The molecule has 0 aromatic carbocycles. The van der Waals surface area contributed by atoms with Crippen molar-refractivity contribution < 1.29 is 14.3 Å². The number of nitrogens with zero attached hydrogens (tertiary/aromatic N) is 4. The van der Waals surface area contributed by atoms with E-state index in [1.54, 1.807) is 16.8 Å². The molecule has 160 valence electrons. The van der Waals surface area contributed by atoms with Gasteiger partial charge in [-0.3, -0.25) is 14.5 Å². The van der Waals surface area contributed by atoms with E-state index in [1.807, 2.05) is 32.3 Å². The molecule has 2 heterocycles. The van der Waals surface area contributed by atoms with E-state index in [0.717, 1.165) is 30.7 Å². The number of rotatable bonds is 9. The monoisotopic (exact) mass is 403 g/mol. The zero-order valence-corrected chi connectivity index (χ0v) is 18.2. The number of likely N-dealkylation sites (N-methyl/N-ethyl adjacent to an activating group) is 2. The second-order valence-electron chi connectivity index (χ2n) is 7.58. The minimum Gasteiger partial charge on any atom is -0.376 e. The third-order valence-electron chi connectivity index (χ3n) is 5.54. The lowest BCUT2D eigenvalue weighted by molar-refractivity contribution is -0.132. The molecule has 1 aromatic heterocycles. The van der Waals surface area contributed by atoms with Crippen molar-refractivity contribution in [3.05, 3.63) is 16.8 Å². The summed E-state index contributed by atoms with van der Waals surface area (Å²) in [5.41, 5.74) is 2.30. The van der Waals surface area contributed by atoms with Gasteiger partial charge >= 0.3 is 0 Å². The van der Waals surface area contributed by atoms with Crippen LogP contribution in [0, 0.1) is 25.2 Å². The Hall–Kier alpha value is -2.37. The van der Waals surface area contributed by atoms with Gasteiger partial charge in [0.15, 0.2) is 0 Å². The molecule has 0 bridgehead atoms. The minimum atomic E-state index is -0.248. The van der Waals surface area contributed by atoms with E-state index < -0.39 is 0 Å². The molecule has 8 heteroatoms. The topological polar surface area (TPSA) is 90.6 Å². The molecule has 8 nitrogen and oxygen atoms in total. The second kappa shape index (κ2) is 10.4. The Morgan fingerprint density at radius 3 is 2.52 bits per heavy atom. The van der Waals surface area contributed by atoms with E-state index in [-0.39, 0.29) is 31.0 Å². The molecule has 0 saturated carbocycles. The average molecular weight is 404 g/mol. The van der Waals surface area contributed by atoms with E-state index in [4.69, 9.17) is 4.74 Å². The predicted octanol–water partition coefficient (Wildman–Crippen LogP) is 1.89. The van der Waals surface area contributed by atoms with Crippen molar-refractivity contribution in [2.24, 2.45) is 0 Å². The van der Waals surface area contributed by atoms with Crippen molar-refractivity contribution in [3.8, 4) is 6.07 Å². The molecule has 0 aliphatic carbocycles. The zero-order valence-electron chi connectivity index (χ0n) is 18.2. The number of carbonyl (C=O) groups excluding carboxylic acids is 2. The number of nitrogens with one attached hydrogen (secondary N) is 1. The maximum Gasteiger partial charge on any atom is 0.239 e. The molecule has 2 amide bonds. The number of hydrogen-bond acceptors (Lipinski definition) is 5. The predicted molar refractivity (Wildman–Crippen MR) is 112 cm³/mol. The Morgan fingerprint density at radius 1 is 1.28 bits per heavy atom. The quantitative estimate of drug-likeness (QED) is 0.680. The van der Waals surface area contributed by atoms with Crippen LogP contribution in [-0.2, 0) is 20.9 Å². The van der Waals surface area contributed by atoms with Crippen LogP contribution in [0.3, 0.4) is 0 Å². The summed E-state index contributed by atoms with van der Waals surface area (Å²) in [6.07, 6.45) is 2.10. The van der Waals surface area contributed by atoms with Crippen LogP contribution in [0.2, 0.25) is 0 Å². The first-order valence-electron chi connectivity index (χ1n) is 10.3. The second-order valence-corrected chi connectivity index (χ2v) is 7.58. The van der Waals surface area contributed by atoms with E-state index in [1.165, 1.54) is 0 Å². The lowest BCUT2D eigenvalue weighted by Crippen LogP contribution is -2.41. The van der Waals surface area contributed by atoms with Gasteiger partial charge in [0.05, 0.1) is 31.3 Å². The van der Waals surface area contributed by atoms with Crippen molar-refractivity contribution in [3.63, 3.8) is 0 Å². The van der Waals surface area contributed by atoms with Gasteiger partial charge in [-0.05, 0) is 53.1 Å². The summed E-state index contributed by atoms with van der Waals surface area (Å²) in [5, 5.41) is 12.5. The molecule has 0 radical (unpaired) electrons. The van der Waals surface area contributed by atoms with Crippen LogP contribution >= 0.6 is 0 Å². The van der Waals surface area contributed by atoms with Crippen LogP contribution in [0.15, 0.2) is 0 Å². The van der Waals surface area contributed by atoms with Crippen LogP contribution in [0.25, 0.3) is 0 Å². The molecule has 1 saturated heterocycles. The summed E-state index contributed by atoms with van der Waals surface area (Å²) >= 11 is 0. The summed E-state index contributed by atoms with van der Waals surface area (Å²) in [7, 11) is 1.74. The Morgan fingerprint density at radius 2 is 1.97 bits per heavy atom. The smallest absolute Gasteiger partial charge is 0.239 e. The minimum absolute atomic E-state index is 0.00328. The maximum absolute atomic E-state index is 12.7. The van der Waals surface area contributed by atoms with Gasteiger partial charge in [0.25, 0.3) is 0 Å². The van der Waals surface area contributed by atoms with Crippen LogP contribution in [0.4, 0.5) is 5.82 Å². The molecule has 1 atom stereocenters. The van der Waals surface area contributed by atoms with E-state index in [9.17, 15) is 14.9 Å². The summed E-state index contributed by atoms with van der Waals surface area (Å²) < 4.78 is 7.71. The van der Waals surface area contributed by atoms with E-state index in [0.29, 0.717) is 31.0 Å². The molecule has 1 unspecified atom stereocenters. The first-order valence-corrected chi connectivity index (χ1v) is 10.3. The molecule has 0 spiro atoms. The lowest BCUT2D eigenvalue weighted by atomic mass is 10.2. The standard InChI is InChI=1S/C21H33N5O3/c1-6-25(7-2)20(28)14-24(5)13-19(27)23-21-18(11-22)15(3)16(4)26(21)12-17-9-8-10-29-17/h17H,6-10,12-14H2,1-5H3,(H,23,27). The highest BCUT2D eigenvalue weighted by Gasteiger charge is 2.24. The van der Waals surface area contributed by atoms with Crippen molar-refractivity contribution in [2.45, 2.75) is 53.2 Å². The Kier molecular flexibility index (Phi) is 8.23. The summed E-state index contributed by atoms with van der Waals surface area (Å²) in [5.74, 6) is 0.269. The zero-order chi connectivity index (χ0) is 21.6. The van der Waals surface area contributed by atoms with Gasteiger partial charge in [-0.15, -0.1) is 0 Å².